The minimum atomic E-state index is -1.32. The summed E-state index contributed by atoms with van der Waals surface area (Å²) in [5.74, 6) is -0.223. The van der Waals surface area contributed by atoms with E-state index in [2.05, 4.69) is 25.7 Å². The van der Waals surface area contributed by atoms with Crippen molar-refractivity contribution in [3.63, 3.8) is 0 Å². The number of carbonyl (C=O) groups is 1. The molecule has 15 heavy (non-hydrogen) atoms. The molecule has 0 aromatic carbocycles. The third-order valence-corrected chi connectivity index (χ3v) is 4.83. The molecule has 0 saturated carbocycles. The molecule has 3 heteroatoms. The average molecular weight is 228 g/mol. The Morgan fingerprint density at radius 3 is 2.27 bits per heavy atom. The van der Waals surface area contributed by atoms with Crippen LogP contribution in [0.4, 0.5) is 0 Å². The Hall–Kier alpha value is -0.573. The molecular weight excluding hydrogens is 204 g/mol. The predicted molar refractivity (Wildman–Crippen MR) is 67.6 cm³/mol. The lowest BCUT2D eigenvalue weighted by Crippen LogP contribution is -2.25. The van der Waals surface area contributed by atoms with Crippen LogP contribution >= 0.6 is 0 Å². The molecule has 2 nitrogen and oxygen atoms in total. The van der Waals surface area contributed by atoms with Crippen LogP contribution in [0, 0.1) is 0 Å². The molecule has 0 fully saturated rings. The summed E-state index contributed by atoms with van der Waals surface area (Å²) in [5.41, 5.74) is 1.68. The summed E-state index contributed by atoms with van der Waals surface area (Å²) >= 11 is 0. The molecule has 0 heterocycles. The smallest absolute Gasteiger partial charge is 0.330 e. The first-order valence-electron chi connectivity index (χ1n) is 5.58. The van der Waals surface area contributed by atoms with E-state index < -0.39 is 13.7 Å². The van der Waals surface area contributed by atoms with Crippen molar-refractivity contribution in [1.82, 2.24) is 0 Å². The Bertz CT molecular complexity index is 236. The third kappa shape index (κ3) is 8.42. The second-order valence-corrected chi connectivity index (χ2v) is 10.4. The van der Waals surface area contributed by atoms with Gasteiger partial charge in [-0.1, -0.05) is 38.2 Å². The summed E-state index contributed by atoms with van der Waals surface area (Å²) in [6.45, 7) is 12.3. The molecule has 0 aliphatic heterocycles. The van der Waals surface area contributed by atoms with Crippen LogP contribution in [0.2, 0.25) is 19.1 Å². The predicted octanol–water partition coefficient (Wildman–Crippen LogP) is 3.54. The van der Waals surface area contributed by atoms with E-state index in [1.165, 1.54) is 12.5 Å². The van der Waals surface area contributed by atoms with Crippen LogP contribution in [0.25, 0.3) is 0 Å². The summed E-state index contributed by atoms with van der Waals surface area (Å²) in [5, 5.41) is 0. The molecule has 0 rings (SSSR count). The van der Waals surface area contributed by atoms with Crippen LogP contribution in [0.15, 0.2) is 11.8 Å². The number of carbonyl (C=O) groups excluding carboxylic acids is 1. The van der Waals surface area contributed by atoms with Crippen LogP contribution in [-0.4, -0.2) is 19.6 Å². The second-order valence-electron chi connectivity index (χ2n) is 5.61. The molecule has 88 valence electrons. The fourth-order valence-electron chi connectivity index (χ4n) is 1.36. The van der Waals surface area contributed by atoms with Crippen LogP contribution < -0.4 is 0 Å². The van der Waals surface area contributed by atoms with E-state index in [9.17, 15) is 4.79 Å². The van der Waals surface area contributed by atoms with Gasteiger partial charge in [0.05, 0.1) is 8.07 Å². The maximum Gasteiger partial charge on any atom is 0.330 e. The number of esters is 1. The molecule has 0 amide bonds. The van der Waals surface area contributed by atoms with E-state index in [1.807, 2.05) is 20.8 Å². The molecule has 0 saturated heterocycles. The standard InChI is InChI=1S/C12H24O2Si/c1-7-9-15(5,6)10-8-11(13)14-12(2,3)4/h8,10H,7,9H2,1-6H3/b10-8+. The van der Waals surface area contributed by atoms with Gasteiger partial charge in [0.1, 0.15) is 5.60 Å². The van der Waals surface area contributed by atoms with E-state index in [4.69, 9.17) is 4.74 Å². The molecule has 0 unspecified atom stereocenters. The summed E-state index contributed by atoms with van der Waals surface area (Å²) in [4.78, 5) is 11.4. The Kier molecular flexibility index (Phi) is 5.28. The highest BCUT2D eigenvalue weighted by atomic mass is 28.3. The van der Waals surface area contributed by atoms with Crippen molar-refractivity contribution in [2.24, 2.45) is 0 Å². The third-order valence-electron chi connectivity index (χ3n) is 1.97. The zero-order valence-corrected chi connectivity index (χ0v) is 11.9. The maximum absolute atomic E-state index is 11.4. The van der Waals surface area contributed by atoms with Crippen molar-refractivity contribution in [3.05, 3.63) is 11.8 Å². The summed E-state index contributed by atoms with van der Waals surface area (Å²) in [6.07, 6.45) is 2.78. The number of hydrogen-bond donors (Lipinski definition) is 0. The Labute approximate surface area is 94.7 Å². The van der Waals surface area contributed by atoms with Gasteiger partial charge in [-0.15, -0.1) is 0 Å². The first kappa shape index (κ1) is 14.4. The van der Waals surface area contributed by atoms with Gasteiger partial charge in [0.15, 0.2) is 0 Å². The van der Waals surface area contributed by atoms with E-state index >= 15 is 0 Å². The SMILES string of the molecule is CCC[Si](C)(C)/C=C/C(=O)OC(C)(C)C. The zero-order valence-electron chi connectivity index (χ0n) is 10.9. The molecule has 0 aliphatic rings. The lowest BCUT2D eigenvalue weighted by atomic mass is 10.2. The average Bonchev–Trinajstić information content (AvgIpc) is 1.98. The molecule has 0 bridgehead atoms. The van der Waals surface area contributed by atoms with Crippen molar-refractivity contribution in [2.45, 2.75) is 58.9 Å². The fourth-order valence-corrected chi connectivity index (χ4v) is 3.40. The molecule has 0 aromatic heterocycles. The van der Waals surface area contributed by atoms with Gasteiger partial charge in [0, 0.05) is 6.08 Å². The van der Waals surface area contributed by atoms with Crippen molar-refractivity contribution in [1.29, 1.82) is 0 Å². The van der Waals surface area contributed by atoms with Gasteiger partial charge in [-0.25, -0.2) is 4.79 Å². The van der Waals surface area contributed by atoms with E-state index in [0.717, 1.165) is 0 Å². The van der Waals surface area contributed by atoms with Crippen molar-refractivity contribution >= 4 is 14.0 Å². The van der Waals surface area contributed by atoms with Crippen molar-refractivity contribution in [2.75, 3.05) is 0 Å². The molecule has 0 aromatic rings. The summed E-state index contributed by atoms with van der Waals surface area (Å²) in [6, 6.07) is 1.21. The minimum Gasteiger partial charge on any atom is -0.457 e. The number of rotatable bonds is 4. The lowest BCUT2D eigenvalue weighted by Gasteiger charge is -2.19. The quantitative estimate of drug-likeness (QED) is 0.418. The second kappa shape index (κ2) is 5.49. The number of hydrogen-bond acceptors (Lipinski definition) is 2. The van der Waals surface area contributed by atoms with Gasteiger partial charge >= 0.3 is 5.97 Å². The minimum absolute atomic E-state index is 0.223. The Morgan fingerprint density at radius 1 is 1.33 bits per heavy atom. The molecule has 0 aliphatic carbocycles. The van der Waals surface area contributed by atoms with Gasteiger partial charge in [-0.2, -0.15) is 0 Å². The van der Waals surface area contributed by atoms with Gasteiger partial charge in [0.25, 0.3) is 0 Å². The molecule has 0 spiro atoms. The van der Waals surface area contributed by atoms with Crippen LogP contribution in [0.3, 0.4) is 0 Å². The topological polar surface area (TPSA) is 26.3 Å². The van der Waals surface area contributed by atoms with Gasteiger partial charge in [-0.3, -0.25) is 0 Å². The lowest BCUT2D eigenvalue weighted by molar-refractivity contribution is -0.148. The van der Waals surface area contributed by atoms with Gasteiger partial charge < -0.3 is 4.74 Å². The summed E-state index contributed by atoms with van der Waals surface area (Å²) in [7, 11) is -1.32. The first-order valence-corrected chi connectivity index (χ1v) is 8.87. The van der Waals surface area contributed by atoms with Crippen molar-refractivity contribution in [3.8, 4) is 0 Å². The largest absolute Gasteiger partial charge is 0.457 e. The molecule has 0 radical (unpaired) electrons. The zero-order chi connectivity index (χ0) is 12.1. The van der Waals surface area contributed by atoms with E-state index in [1.54, 1.807) is 6.08 Å². The highest BCUT2D eigenvalue weighted by Crippen LogP contribution is 2.14. The van der Waals surface area contributed by atoms with E-state index in [-0.39, 0.29) is 5.97 Å². The van der Waals surface area contributed by atoms with Crippen molar-refractivity contribution < 1.29 is 9.53 Å². The first-order chi connectivity index (χ1) is 6.66. The Balaban J connectivity index is 4.23. The number of ether oxygens (including phenoxy) is 1. The normalized spacial score (nSPS) is 13.2. The van der Waals surface area contributed by atoms with Crippen LogP contribution in [0.1, 0.15) is 34.1 Å². The van der Waals surface area contributed by atoms with Gasteiger partial charge in [0.2, 0.25) is 0 Å². The van der Waals surface area contributed by atoms with Crippen LogP contribution in [-0.2, 0) is 9.53 Å². The molecule has 0 N–H and O–H groups in total. The van der Waals surface area contributed by atoms with Gasteiger partial charge in [-0.05, 0) is 20.8 Å². The highest BCUT2D eigenvalue weighted by molar-refractivity contribution is 6.82. The fraction of sp³-hybridized carbons (Fsp3) is 0.750. The summed E-state index contributed by atoms with van der Waals surface area (Å²) < 4.78 is 5.21. The molecular formula is C12H24O2Si. The Morgan fingerprint density at radius 2 is 1.87 bits per heavy atom. The monoisotopic (exact) mass is 228 g/mol. The highest BCUT2D eigenvalue weighted by Gasteiger charge is 2.18. The molecule has 0 atom stereocenters. The maximum atomic E-state index is 11.4. The van der Waals surface area contributed by atoms with E-state index in [0.29, 0.717) is 0 Å². The van der Waals surface area contributed by atoms with Crippen LogP contribution in [0.5, 0.6) is 0 Å².